The number of hydrogen-bond donors (Lipinski definition) is 1. The third kappa shape index (κ3) is 5.16. The lowest BCUT2D eigenvalue weighted by Crippen LogP contribution is -2.24. The number of ether oxygens (including phenoxy) is 1. The summed E-state index contributed by atoms with van der Waals surface area (Å²) in [5, 5.41) is 4.51. The molecule has 0 fully saturated rings. The normalized spacial score (nSPS) is 10.7. The Hall–Kier alpha value is -1.85. The predicted octanol–water partition coefficient (Wildman–Crippen LogP) is 3.94. The van der Waals surface area contributed by atoms with Crippen molar-refractivity contribution >= 4 is 39.7 Å². The molecule has 0 saturated heterocycles. The van der Waals surface area contributed by atoms with E-state index in [1.807, 2.05) is 31.2 Å². The molecule has 0 aliphatic carbocycles. The quantitative estimate of drug-likeness (QED) is 0.630. The summed E-state index contributed by atoms with van der Waals surface area (Å²) in [6.45, 7) is 1.75. The number of benzene rings is 2. The maximum Gasteiger partial charge on any atom is 0.277 e. The first-order valence-electron chi connectivity index (χ1n) is 6.51. The first-order valence-corrected chi connectivity index (χ1v) is 7.68. The van der Waals surface area contributed by atoms with E-state index in [2.05, 4.69) is 26.5 Å². The second-order valence-electron chi connectivity index (χ2n) is 4.54. The highest BCUT2D eigenvalue weighted by atomic mass is 79.9. The van der Waals surface area contributed by atoms with Crippen LogP contribution in [0.1, 0.15) is 11.1 Å². The SMILES string of the molecule is Cc1cc(Cl)ccc1OCC(=O)N/N=C/c1ccc(Br)cc1. The summed E-state index contributed by atoms with van der Waals surface area (Å²) in [6, 6.07) is 12.8. The fourth-order valence-corrected chi connectivity index (χ4v) is 2.17. The smallest absolute Gasteiger partial charge is 0.277 e. The molecule has 4 nitrogen and oxygen atoms in total. The molecule has 0 aliphatic rings. The Bertz CT molecular complexity index is 687. The first-order chi connectivity index (χ1) is 10.5. The van der Waals surface area contributed by atoms with Crippen LogP contribution in [0.2, 0.25) is 5.02 Å². The zero-order valence-electron chi connectivity index (χ0n) is 11.8. The van der Waals surface area contributed by atoms with Crippen LogP contribution in [-0.2, 0) is 4.79 Å². The number of hydrazone groups is 1. The molecule has 0 aromatic heterocycles. The summed E-state index contributed by atoms with van der Waals surface area (Å²) in [4.78, 5) is 11.7. The van der Waals surface area contributed by atoms with Crippen molar-refractivity contribution in [3.05, 3.63) is 63.1 Å². The van der Waals surface area contributed by atoms with Crippen LogP contribution in [0, 0.1) is 6.92 Å². The lowest BCUT2D eigenvalue weighted by molar-refractivity contribution is -0.123. The maximum absolute atomic E-state index is 11.7. The zero-order valence-corrected chi connectivity index (χ0v) is 14.2. The minimum Gasteiger partial charge on any atom is -0.483 e. The minimum absolute atomic E-state index is 0.111. The van der Waals surface area contributed by atoms with Crippen LogP contribution in [0.3, 0.4) is 0 Å². The van der Waals surface area contributed by atoms with Gasteiger partial charge >= 0.3 is 0 Å². The van der Waals surface area contributed by atoms with Crippen LogP contribution < -0.4 is 10.2 Å². The number of carbonyl (C=O) groups excluding carboxylic acids is 1. The van der Waals surface area contributed by atoms with E-state index in [1.54, 1.807) is 24.4 Å². The second-order valence-corrected chi connectivity index (χ2v) is 5.90. The third-order valence-corrected chi connectivity index (χ3v) is 3.53. The van der Waals surface area contributed by atoms with Crippen molar-refractivity contribution in [2.24, 2.45) is 5.10 Å². The molecule has 1 N–H and O–H groups in total. The molecule has 0 heterocycles. The summed E-state index contributed by atoms with van der Waals surface area (Å²) in [7, 11) is 0. The molecule has 0 aliphatic heterocycles. The number of nitrogens with one attached hydrogen (secondary N) is 1. The summed E-state index contributed by atoms with van der Waals surface area (Å²) in [6.07, 6.45) is 1.57. The standard InChI is InChI=1S/C16H14BrClN2O2/c1-11-8-14(18)6-7-15(11)22-10-16(21)20-19-9-12-2-4-13(17)5-3-12/h2-9H,10H2,1H3,(H,20,21)/b19-9+. The molecule has 1 amide bonds. The van der Waals surface area contributed by atoms with Crippen LogP contribution in [0.4, 0.5) is 0 Å². The van der Waals surface area contributed by atoms with Crippen LogP contribution >= 0.6 is 27.5 Å². The van der Waals surface area contributed by atoms with Gasteiger partial charge in [0.15, 0.2) is 6.61 Å². The van der Waals surface area contributed by atoms with Gasteiger partial charge in [0.2, 0.25) is 0 Å². The maximum atomic E-state index is 11.7. The van der Waals surface area contributed by atoms with Crippen LogP contribution in [0.25, 0.3) is 0 Å². The van der Waals surface area contributed by atoms with Gasteiger partial charge in [0.05, 0.1) is 6.21 Å². The molecular formula is C16H14BrClN2O2. The Kier molecular flexibility index (Phi) is 5.98. The van der Waals surface area contributed by atoms with Gasteiger partial charge in [-0.2, -0.15) is 5.10 Å². The average molecular weight is 382 g/mol. The Labute approximate surface area is 142 Å². The highest BCUT2D eigenvalue weighted by Crippen LogP contribution is 2.21. The molecule has 114 valence electrons. The highest BCUT2D eigenvalue weighted by molar-refractivity contribution is 9.10. The monoisotopic (exact) mass is 380 g/mol. The number of amides is 1. The number of nitrogens with zero attached hydrogens (tertiary/aromatic N) is 1. The van der Waals surface area contributed by atoms with Gasteiger partial charge in [-0.15, -0.1) is 0 Å². The molecule has 2 aromatic rings. The second kappa shape index (κ2) is 7.96. The molecule has 2 aromatic carbocycles. The Morgan fingerprint density at radius 1 is 1.32 bits per heavy atom. The number of halogens is 2. The number of carbonyl (C=O) groups is 1. The van der Waals surface area contributed by atoms with E-state index in [9.17, 15) is 4.79 Å². The summed E-state index contributed by atoms with van der Waals surface area (Å²) in [5.41, 5.74) is 4.18. The fraction of sp³-hybridized carbons (Fsp3) is 0.125. The van der Waals surface area contributed by atoms with Gasteiger partial charge in [-0.25, -0.2) is 5.43 Å². The van der Waals surface area contributed by atoms with E-state index >= 15 is 0 Å². The van der Waals surface area contributed by atoms with Crippen LogP contribution in [-0.4, -0.2) is 18.7 Å². The van der Waals surface area contributed by atoms with Crippen molar-refractivity contribution in [3.63, 3.8) is 0 Å². The zero-order chi connectivity index (χ0) is 15.9. The lowest BCUT2D eigenvalue weighted by atomic mass is 10.2. The molecule has 22 heavy (non-hydrogen) atoms. The predicted molar refractivity (Wildman–Crippen MR) is 91.6 cm³/mol. The molecule has 6 heteroatoms. The summed E-state index contributed by atoms with van der Waals surface area (Å²) >= 11 is 9.21. The number of hydrogen-bond acceptors (Lipinski definition) is 3. The van der Waals surface area contributed by atoms with Gasteiger partial charge in [0, 0.05) is 9.50 Å². The molecular weight excluding hydrogens is 368 g/mol. The molecule has 0 unspecified atom stereocenters. The van der Waals surface area contributed by atoms with Gasteiger partial charge in [-0.1, -0.05) is 39.7 Å². The number of rotatable bonds is 5. The summed E-state index contributed by atoms with van der Waals surface area (Å²) in [5.74, 6) is 0.291. The van der Waals surface area contributed by atoms with Gasteiger partial charge in [0.25, 0.3) is 5.91 Å². The first kappa shape index (κ1) is 16.5. The van der Waals surface area contributed by atoms with Crippen molar-refractivity contribution in [2.45, 2.75) is 6.92 Å². The van der Waals surface area contributed by atoms with E-state index in [0.717, 1.165) is 15.6 Å². The molecule has 0 bridgehead atoms. The average Bonchev–Trinajstić information content (AvgIpc) is 2.48. The largest absolute Gasteiger partial charge is 0.483 e. The highest BCUT2D eigenvalue weighted by Gasteiger charge is 2.04. The van der Waals surface area contributed by atoms with Gasteiger partial charge in [-0.05, 0) is 48.4 Å². The molecule has 0 saturated carbocycles. The minimum atomic E-state index is -0.331. The third-order valence-electron chi connectivity index (χ3n) is 2.77. The Balaban J connectivity index is 1.81. The Morgan fingerprint density at radius 3 is 2.73 bits per heavy atom. The topological polar surface area (TPSA) is 50.7 Å². The van der Waals surface area contributed by atoms with Gasteiger partial charge in [0.1, 0.15) is 5.75 Å². The van der Waals surface area contributed by atoms with E-state index in [-0.39, 0.29) is 12.5 Å². The van der Waals surface area contributed by atoms with E-state index in [0.29, 0.717) is 10.8 Å². The van der Waals surface area contributed by atoms with Crippen molar-refractivity contribution < 1.29 is 9.53 Å². The molecule has 0 radical (unpaired) electrons. The van der Waals surface area contributed by atoms with E-state index in [1.165, 1.54) is 0 Å². The molecule has 0 atom stereocenters. The molecule has 0 spiro atoms. The van der Waals surface area contributed by atoms with Gasteiger partial charge < -0.3 is 4.74 Å². The van der Waals surface area contributed by atoms with Crippen molar-refractivity contribution in [1.82, 2.24) is 5.43 Å². The van der Waals surface area contributed by atoms with Gasteiger partial charge in [-0.3, -0.25) is 4.79 Å². The van der Waals surface area contributed by atoms with Crippen molar-refractivity contribution in [3.8, 4) is 5.75 Å². The lowest BCUT2D eigenvalue weighted by Gasteiger charge is -2.08. The van der Waals surface area contributed by atoms with E-state index in [4.69, 9.17) is 16.3 Å². The van der Waals surface area contributed by atoms with Crippen molar-refractivity contribution in [1.29, 1.82) is 0 Å². The Morgan fingerprint density at radius 2 is 2.05 bits per heavy atom. The van der Waals surface area contributed by atoms with Crippen LogP contribution in [0.15, 0.2) is 52.0 Å². The van der Waals surface area contributed by atoms with Crippen molar-refractivity contribution in [2.75, 3.05) is 6.61 Å². The van der Waals surface area contributed by atoms with Crippen LogP contribution in [0.5, 0.6) is 5.75 Å². The fourth-order valence-electron chi connectivity index (χ4n) is 1.68. The number of aryl methyl sites for hydroxylation is 1. The summed E-state index contributed by atoms with van der Waals surface area (Å²) < 4.78 is 6.41. The van der Waals surface area contributed by atoms with E-state index < -0.39 is 0 Å². The molecule has 2 rings (SSSR count).